The summed E-state index contributed by atoms with van der Waals surface area (Å²) < 4.78 is 6.10. The van der Waals surface area contributed by atoms with Crippen LogP contribution in [0.15, 0.2) is 140 Å². The number of nitrogens with zero attached hydrogens (tertiary/aromatic N) is 4. The van der Waals surface area contributed by atoms with Gasteiger partial charge in [-0.3, -0.25) is 38.4 Å². The Kier molecular flexibility index (Phi) is 21.6. The number of aromatic nitrogens is 2. The SMILES string of the molecule is CC(C)[C@@H]1NC(=O)[C@@H]2C[C@H](C)CN2C(=O)[C@H](Cc2ccccc2)N(C)C(=O)[C@H](c2c[nH]c3ccccc23)NC(=O)[C@@H]2C[C@@H](O)CN2C(=O)[C@H](Cc2ccc(O)cc2)N(C)C(=O)[C@@H](NC(=O)[C@@H](NC(=O)C[C@](O)(Cc2c[nH]c3ccccc23)C(=O)O)[C@@H](O)c2ccc(O)cc2)[C@@H](C)OC1=O. The first-order valence-electron chi connectivity index (χ1n) is 32.7. The molecule has 13 atom stereocenters. The van der Waals surface area contributed by atoms with Crippen molar-refractivity contribution in [3.05, 3.63) is 168 Å². The summed E-state index contributed by atoms with van der Waals surface area (Å²) in [5, 5.41) is 78.1. The third kappa shape index (κ3) is 15.7. The third-order valence-corrected chi connectivity index (χ3v) is 19.0. The van der Waals surface area contributed by atoms with Crippen LogP contribution in [-0.2, 0) is 71.9 Å². The average Bonchev–Trinajstić information content (AvgIpc) is 1.75. The van der Waals surface area contributed by atoms with Crippen molar-refractivity contribution >= 4 is 81.0 Å². The number of benzene rings is 5. The van der Waals surface area contributed by atoms with E-state index in [-0.39, 0.29) is 54.4 Å². The Bertz CT molecular complexity index is 4160. The van der Waals surface area contributed by atoms with E-state index in [0.29, 0.717) is 38.5 Å². The molecule has 3 fully saturated rings. The highest BCUT2D eigenvalue weighted by Crippen LogP contribution is 2.33. The molecule has 27 nitrogen and oxygen atoms in total. The lowest BCUT2D eigenvalue weighted by Gasteiger charge is -2.38. The number of hydrogen-bond acceptors (Lipinski definition) is 16. The van der Waals surface area contributed by atoms with Gasteiger partial charge in [-0.1, -0.05) is 112 Å². The number of aliphatic hydroxyl groups excluding tert-OH is 2. The molecule has 0 saturated carbocycles. The molecule has 0 bridgehead atoms. The van der Waals surface area contributed by atoms with Crippen molar-refractivity contribution in [3.63, 3.8) is 0 Å². The first-order chi connectivity index (χ1) is 47.1. The highest BCUT2D eigenvalue weighted by atomic mass is 16.5. The van der Waals surface area contributed by atoms with E-state index in [1.165, 1.54) is 79.6 Å². The van der Waals surface area contributed by atoms with E-state index in [0.717, 1.165) is 21.9 Å². The van der Waals surface area contributed by atoms with Gasteiger partial charge in [0.2, 0.25) is 47.3 Å². The fraction of sp³-hybridized carbons (Fsp3) is 0.389. The van der Waals surface area contributed by atoms with Gasteiger partial charge in [-0.2, -0.15) is 0 Å². The largest absolute Gasteiger partial charge is 0.508 e. The van der Waals surface area contributed by atoms with Crippen molar-refractivity contribution in [2.24, 2.45) is 11.8 Å². The second-order valence-electron chi connectivity index (χ2n) is 26.5. The van der Waals surface area contributed by atoms with Crippen LogP contribution in [0.2, 0.25) is 0 Å². The number of ether oxygens (including phenoxy) is 1. The standard InChI is InChI=1S/C72H82N10O17/c1-38(2)58-70(95)99-40(4)59(77-65(90)61(62(87)43-22-26-46(84)27-23-43)75-57(86)33-72(98,71(96)97)32-44-34-73-51-18-12-10-16-48(44)51)68(93)79(5)56(30-42-20-24-45(83)25-21-42)67(92)82-37-47(85)31-54(82)64(89)78-60(50-35-74-52-19-13-11-17-49(50)52)69(94)80(6)55(29-41-14-8-7-9-15-41)66(91)81-36-39(3)28-53(81)63(88)76-58/h7-27,34-35,38-40,47,53-56,58-62,73-74,83-85,87,98H,28-33,36-37H2,1-6H3,(H,75,86)(H,76,88)(H,77,90)(H,78,89)(H,96,97)/t39-,40+,47+,53-,54-,55-,56-,58-,59-,60-,61-,62-,72+/m0/s1. The topological polar surface area (TPSA) is 394 Å². The lowest BCUT2D eigenvalue weighted by Crippen LogP contribution is -2.63. The number of aromatic amines is 2. The number of H-pyrrole nitrogens is 2. The van der Waals surface area contributed by atoms with Gasteiger partial charge in [0, 0.05) is 92.6 Å². The van der Waals surface area contributed by atoms with Crippen LogP contribution in [0.1, 0.15) is 86.9 Å². The summed E-state index contributed by atoms with van der Waals surface area (Å²) in [5.41, 5.74) is -0.226. The summed E-state index contributed by atoms with van der Waals surface area (Å²) in [6.07, 6.45) is -4.86. The number of para-hydroxylation sites is 2. The number of amides is 8. The van der Waals surface area contributed by atoms with E-state index in [1.807, 2.05) is 6.92 Å². The molecule has 0 spiro atoms. The number of carboxylic acids is 1. The Morgan fingerprint density at radius 3 is 1.82 bits per heavy atom. The highest BCUT2D eigenvalue weighted by molar-refractivity contribution is 6.01. The van der Waals surface area contributed by atoms with Gasteiger partial charge in [-0.15, -0.1) is 0 Å². The van der Waals surface area contributed by atoms with Crippen LogP contribution in [0.3, 0.4) is 0 Å². The summed E-state index contributed by atoms with van der Waals surface area (Å²) in [5.74, 6) is -12.5. The van der Waals surface area contributed by atoms with E-state index >= 15 is 28.8 Å². The number of aliphatic hydroxyl groups is 3. The molecule has 3 aliphatic heterocycles. The maximum Gasteiger partial charge on any atom is 0.336 e. The number of aromatic hydroxyl groups is 2. The summed E-state index contributed by atoms with van der Waals surface area (Å²) in [6, 6.07) is 19.5. The van der Waals surface area contributed by atoms with E-state index < -0.39 is 163 Å². The predicted octanol–water partition coefficient (Wildman–Crippen LogP) is 2.79. The summed E-state index contributed by atoms with van der Waals surface area (Å²) in [4.78, 5) is 162. The fourth-order valence-corrected chi connectivity index (χ4v) is 13.4. The zero-order valence-electron chi connectivity index (χ0n) is 55.4. The zero-order valence-corrected chi connectivity index (χ0v) is 55.4. The molecule has 2 aromatic heterocycles. The van der Waals surface area contributed by atoms with Crippen LogP contribution in [0.25, 0.3) is 21.8 Å². The number of likely N-dealkylation sites (N-methyl/N-ethyl adjacent to an activating group) is 2. The highest BCUT2D eigenvalue weighted by Gasteiger charge is 2.49. The van der Waals surface area contributed by atoms with Crippen molar-refractivity contribution < 1.29 is 83.3 Å². The van der Waals surface area contributed by atoms with Gasteiger partial charge in [0.1, 0.15) is 72.0 Å². The summed E-state index contributed by atoms with van der Waals surface area (Å²) in [6.45, 7) is 5.75. The van der Waals surface area contributed by atoms with Crippen LogP contribution in [-0.4, -0.2) is 207 Å². The molecule has 522 valence electrons. The molecule has 7 aromatic rings. The number of phenols is 2. The van der Waals surface area contributed by atoms with Crippen LogP contribution in [0.5, 0.6) is 11.5 Å². The number of hydrogen-bond donors (Lipinski definition) is 12. The van der Waals surface area contributed by atoms with Gasteiger partial charge < -0.3 is 86.2 Å². The lowest BCUT2D eigenvalue weighted by molar-refractivity contribution is -0.162. The van der Waals surface area contributed by atoms with Crippen LogP contribution in [0, 0.1) is 11.8 Å². The van der Waals surface area contributed by atoms with Crippen molar-refractivity contribution in [3.8, 4) is 11.5 Å². The Balaban J connectivity index is 1.07. The molecule has 3 saturated heterocycles. The van der Waals surface area contributed by atoms with Gasteiger partial charge >= 0.3 is 11.9 Å². The van der Waals surface area contributed by atoms with Crippen molar-refractivity contribution in [1.29, 1.82) is 0 Å². The molecule has 0 unspecified atom stereocenters. The molecule has 10 rings (SSSR count). The minimum Gasteiger partial charge on any atom is -0.508 e. The minimum atomic E-state index is -2.84. The molecule has 12 N–H and O–H groups in total. The van der Waals surface area contributed by atoms with E-state index in [1.54, 1.807) is 92.7 Å². The molecule has 0 radical (unpaired) electrons. The number of cyclic esters (lactones) is 1. The third-order valence-electron chi connectivity index (χ3n) is 19.0. The van der Waals surface area contributed by atoms with Crippen LogP contribution >= 0.6 is 0 Å². The number of carbonyl (C=O) groups excluding carboxylic acids is 9. The number of rotatable bonds is 16. The van der Waals surface area contributed by atoms with Crippen molar-refractivity contribution in [2.45, 2.75) is 138 Å². The van der Waals surface area contributed by atoms with Crippen molar-refractivity contribution in [1.82, 2.24) is 50.8 Å². The normalized spacial score (nSPS) is 24.4. The van der Waals surface area contributed by atoms with E-state index in [2.05, 4.69) is 31.2 Å². The molecular formula is C72H82N10O17. The number of nitrogens with one attached hydrogen (secondary N) is 6. The quantitative estimate of drug-likeness (QED) is 0.0619. The molecule has 8 amide bonds. The lowest BCUT2D eigenvalue weighted by atomic mass is 9.90. The molecule has 27 heteroatoms. The van der Waals surface area contributed by atoms with Crippen LogP contribution in [0.4, 0.5) is 0 Å². The Morgan fingerprint density at radius 2 is 1.19 bits per heavy atom. The first kappa shape index (κ1) is 71.1. The van der Waals surface area contributed by atoms with Gasteiger partial charge in [0.15, 0.2) is 5.60 Å². The van der Waals surface area contributed by atoms with Gasteiger partial charge in [-0.05, 0) is 83.8 Å². The second-order valence-corrected chi connectivity index (χ2v) is 26.5. The number of esters is 1. The summed E-state index contributed by atoms with van der Waals surface area (Å²) >= 11 is 0. The Morgan fingerprint density at radius 1 is 0.657 bits per heavy atom. The Labute approximate surface area is 569 Å². The predicted molar refractivity (Wildman–Crippen MR) is 358 cm³/mol. The number of carbonyl (C=O) groups is 10. The molecule has 0 aliphatic carbocycles. The molecule has 99 heavy (non-hydrogen) atoms. The van der Waals surface area contributed by atoms with E-state index in [9.17, 15) is 49.8 Å². The summed E-state index contributed by atoms with van der Waals surface area (Å²) in [7, 11) is 2.58. The Hall–Kier alpha value is -10.6. The second kappa shape index (κ2) is 30.0. The molecular weight excluding hydrogens is 1280 g/mol. The maximum atomic E-state index is 15.9. The smallest absolute Gasteiger partial charge is 0.336 e. The average molecular weight is 1360 g/mol. The molecule has 5 aromatic carbocycles. The number of carboxylic acid groups (broad SMARTS) is 1. The van der Waals surface area contributed by atoms with Gasteiger partial charge in [0.25, 0.3) is 0 Å². The van der Waals surface area contributed by atoms with Gasteiger partial charge in [-0.25, -0.2) is 9.59 Å². The number of phenolic OH excluding ortho intramolecular Hbond substituents is 2. The minimum absolute atomic E-state index is 0.0353. The van der Waals surface area contributed by atoms with E-state index in [4.69, 9.17) is 4.74 Å². The maximum absolute atomic E-state index is 15.9. The number of aliphatic carboxylic acids is 1. The van der Waals surface area contributed by atoms with Crippen molar-refractivity contribution in [2.75, 3.05) is 27.2 Å². The van der Waals surface area contributed by atoms with Gasteiger partial charge in [0.05, 0.1) is 12.5 Å². The first-order valence-corrected chi connectivity index (χ1v) is 32.7. The zero-order chi connectivity index (χ0) is 71.3. The number of fused-ring (bicyclic) bond motifs is 4. The fourth-order valence-electron chi connectivity index (χ4n) is 13.4. The van der Waals surface area contributed by atoms with Crippen LogP contribution < -0.4 is 21.3 Å². The monoisotopic (exact) mass is 1360 g/mol. The molecule has 3 aliphatic rings. The molecule has 5 heterocycles.